The van der Waals surface area contributed by atoms with Gasteiger partial charge < -0.3 is 34.3 Å². The van der Waals surface area contributed by atoms with E-state index < -0.39 is 70.8 Å². The highest BCUT2D eigenvalue weighted by atomic mass is 16.8. The molecule has 4 aliphatic heterocycles. The molecule has 11 atom stereocenters. The summed E-state index contributed by atoms with van der Waals surface area (Å²) in [6, 6.07) is 0. The van der Waals surface area contributed by atoms with Crippen molar-refractivity contribution in [1.82, 2.24) is 0 Å². The number of aliphatic hydroxyl groups excluding tert-OH is 2. The number of aliphatic hydroxyl groups is 3. The number of rotatable bonds is 0. The van der Waals surface area contributed by atoms with Crippen LogP contribution in [0, 0.1) is 28.1 Å². The van der Waals surface area contributed by atoms with Gasteiger partial charge in [0.15, 0.2) is 12.4 Å². The third-order valence-electron chi connectivity index (χ3n) is 9.12. The Bertz CT molecular complexity index is 851. The van der Waals surface area contributed by atoms with Crippen LogP contribution in [-0.2, 0) is 28.5 Å². The molecule has 2 aliphatic carbocycles. The molecular weight excluding hydrogens is 384 g/mol. The first kappa shape index (κ1) is 18.5. The average molecular weight is 410 g/mol. The maximum Gasteiger partial charge on any atom is 0.342 e. The predicted molar refractivity (Wildman–Crippen MR) is 91.6 cm³/mol. The molecule has 3 N–H and O–H groups in total. The van der Waals surface area contributed by atoms with Crippen LogP contribution in [-0.4, -0.2) is 69.4 Å². The summed E-state index contributed by atoms with van der Waals surface area (Å²) in [7, 11) is 0. The van der Waals surface area contributed by atoms with Gasteiger partial charge in [0.2, 0.25) is 11.9 Å². The van der Waals surface area contributed by atoms with Crippen molar-refractivity contribution in [2.24, 2.45) is 28.1 Å². The van der Waals surface area contributed by atoms with E-state index in [1.54, 1.807) is 6.92 Å². The summed E-state index contributed by atoms with van der Waals surface area (Å²) < 4.78 is 23.2. The monoisotopic (exact) mass is 410 g/mol. The Hall–Kier alpha value is -1.26. The maximum absolute atomic E-state index is 13.3. The lowest BCUT2D eigenvalue weighted by atomic mass is 9.51. The van der Waals surface area contributed by atoms with Crippen LogP contribution in [0.2, 0.25) is 0 Å². The van der Waals surface area contributed by atoms with Crippen molar-refractivity contribution in [2.45, 2.75) is 82.6 Å². The van der Waals surface area contributed by atoms with E-state index in [0.29, 0.717) is 6.42 Å². The first-order valence-corrected chi connectivity index (χ1v) is 10.2. The van der Waals surface area contributed by atoms with Crippen LogP contribution in [0.1, 0.15) is 40.5 Å². The molecule has 9 nitrogen and oxygen atoms in total. The normalized spacial score (nSPS) is 62.0. The molecule has 29 heavy (non-hydrogen) atoms. The van der Waals surface area contributed by atoms with E-state index in [4.69, 9.17) is 18.9 Å². The second kappa shape index (κ2) is 4.65. The van der Waals surface area contributed by atoms with Gasteiger partial charge >= 0.3 is 11.9 Å². The van der Waals surface area contributed by atoms with Gasteiger partial charge in [-0.2, -0.15) is 0 Å². The molecule has 6 rings (SSSR count). The van der Waals surface area contributed by atoms with Crippen molar-refractivity contribution in [3.05, 3.63) is 0 Å². The fraction of sp³-hybridized carbons (Fsp3) is 0.900. The molecule has 7 unspecified atom stereocenters. The number of hydrogen-bond acceptors (Lipinski definition) is 9. The molecule has 9 heteroatoms. The minimum absolute atomic E-state index is 0.123. The van der Waals surface area contributed by atoms with Crippen LogP contribution in [0.5, 0.6) is 0 Å². The Labute approximate surface area is 167 Å². The number of hydrogen-bond donors (Lipinski definition) is 3. The summed E-state index contributed by atoms with van der Waals surface area (Å²) in [5, 5.41) is 33.4. The molecule has 4 saturated heterocycles. The highest BCUT2D eigenvalue weighted by Gasteiger charge is 3.00. The largest absolute Gasteiger partial charge is 0.459 e. The number of ether oxygens (including phenoxy) is 4. The van der Waals surface area contributed by atoms with Crippen LogP contribution >= 0.6 is 0 Å². The minimum atomic E-state index is -1.88. The first-order valence-electron chi connectivity index (χ1n) is 10.2. The Morgan fingerprint density at radius 2 is 1.79 bits per heavy atom. The quantitative estimate of drug-likeness (QED) is 0.450. The zero-order chi connectivity index (χ0) is 20.9. The van der Waals surface area contributed by atoms with Gasteiger partial charge in [0, 0.05) is 5.92 Å². The van der Waals surface area contributed by atoms with Gasteiger partial charge in [0.25, 0.3) is 0 Å². The van der Waals surface area contributed by atoms with Crippen molar-refractivity contribution in [3.63, 3.8) is 0 Å². The van der Waals surface area contributed by atoms with E-state index in [0.717, 1.165) is 0 Å². The zero-order valence-electron chi connectivity index (χ0n) is 16.7. The topological polar surface area (TPSA) is 132 Å². The van der Waals surface area contributed by atoms with Gasteiger partial charge in [-0.15, -0.1) is 0 Å². The smallest absolute Gasteiger partial charge is 0.342 e. The third-order valence-corrected chi connectivity index (χ3v) is 9.12. The van der Waals surface area contributed by atoms with Crippen molar-refractivity contribution < 1.29 is 43.9 Å². The summed E-state index contributed by atoms with van der Waals surface area (Å²) in [4.78, 5) is 25.9. The van der Waals surface area contributed by atoms with Crippen molar-refractivity contribution in [2.75, 3.05) is 0 Å². The molecular formula is C20H26O9. The van der Waals surface area contributed by atoms with Gasteiger partial charge in [0.1, 0.15) is 11.7 Å². The maximum atomic E-state index is 13.3. The lowest BCUT2D eigenvalue weighted by Gasteiger charge is -2.46. The highest BCUT2D eigenvalue weighted by molar-refractivity contribution is 5.91. The second-order valence-corrected chi connectivity index (χ2v) is 10.8. The van der Waals surface area contributed by atoms with E-state index >= 15 is 0 Å². The van der Waals surface area contributed by atoms with Crippen LogP contribution in [0.3, 0.4) is 0 Å². The molecule has 2 saturated carbocycles. The lowest BCUT2D eigenvalue weighted by molar-refractivity contribution is -0.238. The SMILES string of the molecule is C[C@@H]1C(O)OC2CC34C5CC(C(C)(C)C)C36C(OC(=O)[C@@H]6O)O[C@@]4(C(=O)O5)[C@]21O. The van der Waals surface area contributed by atoms with Crippen LogP contribution in [0.4, 0.5) is 0 Å². The Morgan fingerprint density at radius 1 is 1.10 bits per heavy atom. The van der Waals surface area contributed by atoms with Crippen molar-refractivity contribution in [1.29, 1.82) is 0 Å². The molecule has 0 amide bonds. The molecule has 0 aromatic rings. The molecule has 0 aromatic heterocycles. The number of carbonyl (C=O) groups excluding carboxylic acids is 2. The molecule has 0 aromatic carbocycles. The summed E-state index contributed by atoms with van der Waals surface area (Å²) in [5.74, 6) is -2.63. The average Bonchev–Trinajstić information content (AvgIpc) is 3.31. The fourth-order valence-electron chi connectivity index (χ4n) is 8.19. The molecule has 0 bridgehead atoms. The van der Waals surface area contributed by atoms with E-state index in [1.807, 2.05) is 20.8 Å². The standard InChI is InChI=1S/C20H26O9/c1-7-12(22)26-10-6-17-9-5-8(16(2,3)4)18(17)11(21)13(23)28-15(18)29-20(17,14(24)27-9)19(7,10)25/h7-12,15,21-22,25H,5-6H2,1-4H3/t7-,8?,9?,10?,11+,12?,15?,17?,18?,19-,20-/m1/s1. The molecule has 2 spiro atoms. The number of carbonyl (C=O) groups is 2. The van der Waals surface area contributed by atoms with Crippen LogP contribution in [0.25, 0.3) is 0 Å². The molecule has 0 radical (unpaired) electrons. The number of esters is 2. The molecule has 160 valence electrons. The van der Waals surface area contributed by atoms with E-state index in [-0.39, 0.29) is 17.8 Å². The van der Waals surface area contributed by atoms with Gasteiger partial charge in [-0.05, 0) is 24.2 Å². The van der Waals surface area contributed by atoms with Gasteiger partial charge in [-0.25, -0.2) is 9.59 Å². The third kappa shape index (κ3) is 1.41. The molecule has 6 aliphatic rings. The second-order valence-electron chi connectivity index (χ2n) is 10.8. The van der Waals surface area contributed by atoms with Crippen LogP contribution < -0.4 is 0 Å². The van der Waals surface area contributed by atoms with Gasteiger partial charge in [0.05, 0.1) is 16.9 Å². The first-order chi connectivity index (χ1) is 13.4. The predicted octanol–water partition coefficient (Wildman–Crippen LogP) is -0.548. The Morgan fingerprint density at radius 3 is 2.45 bits per heavy atom. The summed E-state index contributed by atoms with van der Waals surface area (Å²) in [6.45, 7) is 7.62. The van der Waals surface area contributed by atoms with Crippen molar-refractivity contribution in [3.8, 4) is 0 Å². The van der Waals surface area contributed by atoms with E-state index in [9.17, 15) is 24.9 Å². The molecule has 4 heterocycles. The van der Waals surface area contributed by atoms with E-state index in [2.05, 4.69) is 0 Å². The number of fused-ring (bicyclic) bond motifs is 1. The van der Waals surface area contributed by atoms with Gasteiger partial charge in [-0.1, -0.05) is 27.7 Å². The highest BCUT2D eigenvalue weighted by Crippen LogP contribution is 2.84. The fourth-order valence-corrected chi connectivity index (χ4v) is 8.19. The summed E-state index contributed by atoms with van der Waals surface area (Å²) in [6.07, 6.45) is -4.96. The van der Waals surface area contributed by atoms with Gasteiger partial charge in [-0.3, -0.25) is 0 Å². The minimum Gasteiger partial charge on any atom is -0.459 e. The van der Waals surface area contributed by atoms with Crippen LogP contribution in [0.15, 0.2) is 0 Å². The van der Waals surface area contributed by atoms with E-state index in [1.165, 1.54) is 0 Å². The summed E-state index contributed by atoms with van der Waals surface area (Å²) in [5.41, 5.74) is -6.57. The Balaban J connectivity index is 1.67. The lowest BCUT2D eigenvalue weighted by Crippen LogP contribution is -2.66. The Kier molecular flexibility index (Phi) is 2.97. The summed E-state index contributed by atoms with van der Waals surface area (Å²) >= 11 is 0. The zero-order valence-corrected chi connectivity index (χ0v) is 16.7. The molecule has 6 fully saturated rings. The van der Waals surface area contributed by atoms with Crippen molar-refractivity contribution >= 4 is 11.9 Å².